The molecule has 82 valence electrons. The fourth-order valence-electron chi connectivity index (χ4n) is 1.92. The van der Waals surface area contributed by atoms with Gasteiger partial charge in [0.25, 0.3) is 0 Å². The van der Waals surface area contributed by atoms with E-state index < -0.39 is 12.2 Å². The number of nitrogens with two attached hydrogens (primary N) is 1. The Kier molecular flexibility index (Phi) is 2.85. The van der Waals surface area contributed by atoms with Crippen LogP contribution in [0.3, 0.4) is 0 Å². The first-order chi connectivity index (χ1) is 7.14. The third kappa shape index (κ3) is 2.08. The highest BCUT2D eigenvalue weighted by Crippen LogP contribution is 2.30. The van der Waals surface area contributed by atoms with Gasteiger partial charge in [0.05, 0.1) is 16.2 Å². The van der Waals surface area contributed by atoms with Gasteiger partial charge in [-0.15, -0.1) is 0 Å². The van der Waals surface area contributed by atoms with Crippen LogP contribution in [0.1, 0.15) is 6.42 Å². The van der Waals surface area contributed by atoms with Crippen molar-refractivity contribution in [1.29, 1.82) is 0 Å². The Balaban J connectivity index is 2.18. The van der Waals surface area contributed by atoms with Gasteiger partial charge in [0.1, 0.15) is 6.67 Å². The molecular formula is C11H14ClFN2. The molecule has 1 heterocycles. The van der Waals surface area contributed by atoms with Crippen molar-refractivity contribution in [1.82, 2.24) is 0 Å². The van der Waals surface area contributed by atoms with Gasteiger partial charge in [-0.2, -0.15) is 0 Å². The first-order valence-electron chi connectivity index (χ1n) is 4.99. The smallest absolute Gasteiger partial charge is 0.109 e. The Hall–Kier alpha value is -0.800. The van der Waals surface area contributed by atoms with Crippen LogP contribution in [0, 0.1) is 0 Å². The fourth-order valence-corrected chi connectivity index (χ4v) is 2.17. The van der Waals surface area contributed by atoms with Crippen molar-refractivity contribution in [3.05, 3.63) is 29.3 Å². The molecule has 1 aromatic carbocycles. The quantitative estimate of drug-likeness (QED) is 0.841. The van der Waals surface area contributed by atoms with E-state index in [1.807, 2.05) is 29.2 Å². The van der Waals surface area contributed by atoms with Gasteiger partial charge in [-0.25, -0.2) is 4.39 Å². The predicted molar refractivity (Wildman–Crippen MR) is 61.2 cm³/mol. The average Bonchev–Trinajstić information content (AvgIpc) is 2.63. The Morgan fingerprint density at radius 3 is 2.80 bits per heavy atom. The summed E-state index contributed by atoms with van der Waals surface area (Å²) in [7, 11) is 0. The van der Waals surface area contributed by atoms with Crippen LogP contribution in [0.15, 0.2) is 24.3 Å². The molecule has 0 aliphatic carbocycles. The Morgan fingerprint density at radius 2 is 2.20 bits per heavy atom. The van der Waals surface area contributed by atoms with E-state index in [0.717, 1.165) is 12.2 Å². The average molecular weight is 229 g/mol. The molecule has 1 fully saturated rings. The lowest BCUT2D eigenvalue weighted by Gasteiger charge is -2.23. The van der Waals surface area contributed by atoms with Gasteiger partial charge in [-0.3, -0.25) is 0 Å². The molecule has 1 unspecified atom stereocenters. The van der Waals surface area contributed by atoms with Crippen molar-refractivity contribution in [3.63, 3.8) is 0 Å². The molecule has 0 bridgehead atoms. The first kappa shape index (κ1) is 10.7. The Morgan fingerprint density at radius 1 is 1.47 bits per heavy atom. The van der Waals surface area contributed by atoms with E-state index >= 15 is 0 Å². The molecule has 2 rings (SSSR count). The van der Waals surface area contributed by atoms with Gasteiger partial charge in [0, 0.05) is 13.1 Å². The van der Waals surface area contributed by atoms with E-state index in [2.05, 4.69) is 0 Å². The first-order valence-corrected chi connectivity index (χ1v) is 5.37. The predicted octanol–water partition coefficient (Wildman–Crippen LogP) is 2.22. The van der Waals surface area contributed by atoms with Crippen molar-refractivity contribution in [2.45, 2.75) is 12.0 Å². The lowest BCUT2D eigenvalue weighted by atomic mass is 10.0. The molecule has 0 spiro atoms. The molecule has 4 heteroatoms. The van der Waals surface area contributed by atoms with Crippen molar-refractivity contribution >= 4 is 17.3 Å². The third-order valence-electron chi connectivity index (χ3n) is 2.84. The molecule has 1 aromatic rings. The van der Waals surface area contributed by atoms with Gasteiger partial charge in [0.2, 0.25) is 0 Å². The van der Waals surface area contributed by atoms with Crippen molar-refractivity contribution in [2.24, 2.45) is 5.73 Å². The zero-order chi connectivity index (χ0) is 10.9. The van der Waals surface area contributed by atoms with Crippen LogP contribution in [0.5, 0.6) is 0 Å². The van der Waals surface area contributed by atoms with Gasteiger partial charge in [0.15, 0.2) is 0 Å². The van der Waals surface area contributed by atoms with E-state index in [1.54, 1.807) is 0 Å². The summed E-state index contributed by atoms with van der Waals surface area (Å²) < 4.78 is 12.7. The second-order valence-corrected chi connectivity index (χ2v) is 4.53. The molecule has 0 amide bonds. The summed E-state index contributed by atoms with van der Waals surface area (Å²) in [5, 5.41) is 0.695. The third-order valence-corrected chi connectivity index (χ3v) is 3.16. The molecule has 1 aliphatic heterocycles. The van der Waals surface area contributed by atoms with E-state index in [0.29, 0.717) is 18.0 Å². The molecule has 0 radical (unpaired) electrons. The molecule has 2 N–H and O–H groups in total. The van der Waals surface area contributed by atoms with Crippen LogP contribution >= 0.6 is 11.6 Å². The summed E-state index contributed by atoms with van der Waals surface area (Å²) in [5.74, 6) is 0. The lowest BCUT2D eigenvalue weighted by molar-refractivity contribution is 0.330. The maximum Gasteiger partial charge on any atom is 0.109 e. The van der Waals surface area contributed by atoms with Gasteiger partial charge >= 0.3 is 0 Å². The van der Waals surface area contributed by atoms with E-state index in [4.69, 9.17) is 17.3 Å². The van der Waals surface area contributed by atoms with Crippen LogP contribution in [-0.4, -0.2) is 25.3 Å². The number of rotatable bonds is 2. The van der Waals surface area contributed by atoms with Crippen molar-refractivity contribution in [3.8, 4) is 0 Å². The molecule has 2 nitrogen and oxygen atoms in total. The normalized spacial score (nSPS) is 25.9. The van der Waals surface area contributed by atoms with Gasteiger partial charge in [-0.05, 0) is 18.6 Å². The molecule has 15 heavy (non-hydrogen) atoms. The standard InChI is InChI=1S/C11H14ClFN2/c12-9-3-1-2-4-10(9)15-6-5-11(14,7-13)8-15/h1-4H,5-8,14H2. The Bertz CT molecular complexity index is 358. The van der Waals surface area contributed by atoms with Crippen LogP contribution in [-0.2, 0) is 0 Å². The van der Waals surface area contributed by atoms with Crippen LogP contribution in [0.25, 0.3) is 0 Å². The summed E-state index contributed by atoms with van der Waals surface area (Å²) in [5.41, 5.74) is 6.13. The number of benzene rings is 1. The largest absolute Gasteiger partial charge is 0.368 e. The minimum Gasteiger partial charge on any atom is -0.368 e. The fraction of sp³-hybridized carbons (Fsp3) is 0.455. The molecule has 0 aromatic heterocycles. The number of para-hydroxylation sites is 1. The lowest BCUT2D eigenvalue weighted by Crippen LogP contribution is -2.44. The molecule has 1 atom stereocenters. The Labute approximate surface area is 93.8 Å². The van der Waals surface area contributed by atoms with E-state index in [1.165, 1.54) is 0 Å². The number of hydrogen-bond donors (Lipinski definition) is 1. The van der Waals surface area contributed by atoms with Crippen molar-refractivity contribution < 1.29 is 4.39 Å². The summed E-state index contributed by atoms with van der Waals surface area (Å²) in [6.07, 6.45) is 0.675. The minimum atomic E-state index is -0.695. The summed E-state index contributed by atoms with van der Waals surface area (Å²) in [6, 6.07) is 7.58. The second-order valence-electron chi connectivity index (χ2n) is 4.12. The number of alkyl halides is 1. The number of nitrogens with zero attached hydrogens (tertiary/aromatic N) is 1. The van der Waals surface area contributed by atoms with E-state index in [9.17, 15) is 4.39 Å². The van der Waals surface area contributed by atoms with Crippen LogP contribution < -0.4 is 10.6 Å². The molecule has 0 saturated carbocycles. The highest BCUT2D eigenvalue weighted by Gasteiger charge is 2.35. The number of halogens is 2. The molecule has 1 aliphatic rings. The van der Waals surface area contributed by atoms with Crippen molar-refractivity contribution in [2.75, 3.05) is 24.7 Å². The number of anilines is 1. The van der Waals surface area contributed by atoms with Crippen LogP contribution in [0.2, 0.25) is 5.02 Å². The number of hydrogen-bond acceptors (Lipinski definition) is 2. The summed E-state index contributed by atoms with van der Waals surface area (Å²) in [4.78, 5) is 2.04. The zero-order valence-electron chi connectivity index (χ0n) is 8.42. The zero-order valence-corrected chi connectivity index (χ0v) is 9.17. The SMILES string of the molecule is NC1(CF)CCN(c2ccccc2Cl)C1. The highest BCUT2D eigenvalue weighted by atomic mass is 35.5. The minimum absolute atomic E-state index is 0.478. The monoisotopic (exact) mass is 228 g/mol. The van der Waals surface area contributed by atoms with Gasteiger partial charge in [-0.1, -0.05) is 23.7 Å². The van der Waals surface area contributed by atoms with E-state index in [-0.39, 0.29) is 0 Å². The summed E-state index contributed by atoms with van der Waals surface area (Å²) >= 11 is 6.06. The molecular weight excluding hydrogens is 215 g/mol. The maximum atomic E-state index is 12.7. The highest BCUT2D eigenvalue weighted by molar-refractivity contribution is 6.33. The summed E-state index contributed by atoms with van der Waals surface area (Å²) in [6.45, 7) is 0.825. The topological polar surface area (TPSA) is 29.3 Å². The second kappa shape index (κ2) is 3.99. The van der Waals surface area contributed by atoms with Crippen LogP contribution in [0.4, 0.5) is 10.1 Å². The van der Waals surface area contributed by atoms with Gasteiger partial charge < -0.3 is 10.6 Å². The molecule has 1 saturated heterocycles. The maximum absolute atomic E-state index is 12.7.